The Hall–Kier alpha value is -3.62. The molecule has 0 bridgehead atoms. The van der Waals surface area contributed by atoms with Gasteiger partial charge in [0.2, 0.25) is 23.6 Å². The van der Waals surface area contributed by atoms with Crippen LogP contribution in [0.15, 0.2) is 41.9 Å². The molecule has 390 valence electrons. The number of carbonyl (C=O) groups excluding carboxylic acids is 4. The Morgan fingerprint density at radius 1 is 0.855 bits per heavy atom. The van der Waals surface area contributed by atoms with Gasteiger partial charge in [-0.15, -0.1) is 11.3 Å². The lowest BCUT2D eigenvalue weighted by Crippen LogP contribution is -2.60. The van der Waals surface area contributed by atoms with Crippen molar-refractivity contribution in [1.82, 2.24) is 30.3 Å². The van der Waals surface area contributed by atoms with Gasteiger partial charge in [0.1, 0.15) is 17.1 Å². The SMILES string of the molecule is CC[C@H](C)[C@@H]([C@@H](CC(=O)N1CCC[C@H]1[C@H](OC)[C@@H](C)C(=S)N[C@@H](Cc1ccccc1)c1nccs1)OC)N(C)C(=O)[C@@H](NC(=O)[C@H](C(C)C)N(C)C(=O)CCOCCOCCOCCOC)C(C)C. The summed E-state index contributed by atoms with van der Waals surface area (Å²) < 4.78 is 33.8. The van der Waals surface area contributed by atoms with E-state index in [1.807, 2.05) is 76.9 Å². The van der Waals surface area contributed by atoms with E-state index in [-0.39, 0.29) is 79.0 Å². The van der Waals surface area contributed by atoms with Crippen LogP contribution in [0.4, 0.5) is 0 Å². The third kappa shape index (κ3) is 18.5. The second kappa shape index (κ2) is 31.7. The van der Waals surface area contributed by atoms with Gasteiger partial charge in [-0.3, -0.25) is 19.2 Å². The number of amides is 4. The largest absolute Gasteiger partial charge is 0.382 e. The van der Waals surface area contributed by atoms with E-state index in [1.54, 1.807) is 57.9 Å². The Bertz CT molecular complexity index is 1810. The normalized spacial score (nSPS) is 17.4. The number of aromatic nitrogens is 1. The van der Waals surface area contributed by atoms with Crippen molar-refractivity contribution in [2.24, 2.45) is 23.7 Å². The minimum Gasteiger partial charge on any atom is -0.382 e. The summed E-state index contributed by atoms with van der Waals surface area (Å²) in [7, 11) is 8.20. The summed E-state index contributed by atoms with van der Waals surface area (Å²) in [4.78, 5) is 66.9. The zero-order chi connectivity index (χ0) is 51.0. The molecule has 2 N–H and O–H groups in total. The molecular formula is C51H84N6O10S2. The first kappa shape index (κ1) is 59.7. The molecule has 1 fully saturated rings. The predicted molar refractivity (Wildman–Crippen MR) is 274 cm³/mol. The van der Waals surface area contributed by atoms with Gasteiger partial charge in [-0.2, -0.15) is 0 Å². The fourth-order valence-corrected chi connectivity index (χ4v) is 10.1. The molecule has 4 amide bonds. The summed E-state index contributed by atoms with van der Waals surface area (Å²) in [6.07, 6.45) is 3.89. The summed E-state index contributed by atoms with van der Waals surface area (Å²) in [5.74, 6) is -1.89. The van der Waals surface area contributed by atoms with Gasteiger partial charge in [-0.05, 0) is 42.6 Å². The average molecular weight is 1010 g/mol. The number of nitrogens with one attached hydrogen (secondary N) is 2. The van der Waals surface area contributed by atoms with Crippen LogP contribution >= 0.6 is 23.6 Å². The van der Waals surface area contributed by atoms with Gasteiger partial charge < -0.3 is 53.8 Å². The van der Waals surface area contributed by atoms with E-state index in [1.165, 1.54) is 10.5 Å². The van der Waals surface area contributed by atoms with Crippen LogP contribution in [0.3, 0.4) is 0 Å². The van der Waals surface area contributed by atoms with E-state index in [2.05, 4.69) is 27.8 Å². The molecule has 1 aromatic heterocycles. The van der Waals surface area contributed by atoms with Crippen LogP contribution < -0.4 is 10.6 Å². The number of methoxy groups -OCH3 is 3. The molecule has 0 unspecified atom stereocenters. The Morgan fingerprint density at radius 3 is 2.04 bits per heavy atom. The molecule has 1 aromatic carbocycles. The highest BCUT2D eigenvalue weighted by atomic mass is 32.1. The first-order chi connectivity index (χ1) is 33.0. The van der Waals surface area contributed by atoms with Crippen molar-refractivity contribution in [3.05, 3.63) is 52.5 Å². The maximum atomic E-state index is 14.6. The van der Waals surface area contributed by atoms with Crippen molar-refractivity contribution in [3.63, 3.8) is 0 Å². The fraction of sp³-hybridized carbons (Fsp3) is 0.725. The second-order valence-corrected chi connectivity index (χ2v) is 20.1. The highest BCUT2D eigenvalue weighted by Gasteiger charge is 2.43. The molecule has 2 heterocycles. The number of likely N-dealkylation sites (N-methyl/N-ethyl adjacent to an activating group) is 2. The highest BCUT2D eigenvalue weighted by Crippen LogP contribution is 2.31. The molecule has 69 heavy (non-hydrogen) atoms. The average Bonchev–Trinajstić information content (AvgIpc) is 4.06. The molecule has 2 aromatic rings. The molecule has 0 radical (unpaired) electrons. The standard InChI is InChI=1S/C51H84N6O10S2/c1-13-36(6)46(56(9)51(61)44(34(2)3)54-48(60)45(35(4)5)55(8)42(58)21-24-65-27-28-67-30-29-66-26-25-62-10)41(63-11)33-43(59)57-23-17-20-40(57)47(64-12)37(7)49(68)53-39(50-52-22-31-69-50)32-38-18-15-14-16-19-38/h14-16,18-19,22,31,34-37,39-41,44-47H,13,17,20-21,23-30,32-33H2,1-12H3,(H,53,68)(H,54,60)/t36-,37+,39-,40-,41+,44-,45-,46-,47+/m0/s1. The van der Waals surface area contributed by atoms with Crippen molar-refractivity contribution < 1.29 is 47.6 Å². The molecule has 1 aliphatic rings. The zero-order valence-electron chi connectivity index (χ0n) is 43.5. The molecular weight excluding hydrogens is 921 g/mol. The molecule has 16 nitrogen and oxygen atoms in total. The van der Waals surface area contributed by atoms with Crippen molar-refractivity contribution >= 4 is 52.2 Å². The monoisotopic (exact) mass is 1000 g/mol. The lowest BCUT2D eigenvalue weighted by atomic mass is 9.89. The zero-order valence-corrected chi connectivity index (χ0v) is 45.1. The molecule has 0 spiro atoms. The number of rotatable bonds is 33. The molecule has 3 rings (SSSR count). The predicted octanol–water partition coefficient (Wildman–Crippen LogP) is 5.97. The molecule has 1 saturated heterocycles. The maximum absolute atomic E-state index is 14.6. The van der Waals surface area contributed by atoms with Crippen molar-refractivity contribution in [1.29, 1.82) is 0 Å². The van der Waals surface area contributed by atoms with Gasteiger partial charge in [0.25, 0.3) is 0 Å². The van der Waals surface area contributed by atoms with E-state index in [0.29, 0.717) is 64.0 Å². The minimum absolute atomic E-state index is 0.0401. The summed E-state index contributed by atoms with van der Waals surface area (Å²) in [6, 6.07) is 7.66. The number of hydrogen-bond acceptors (Lipinski definition) is 13. The second-order valence-electron chi connectivity index (χ2n) is 18.7. The topological polar surface area (TPSA) is 170 Å². The Kier molecular flexibility index (Phi) is 27.4. The molecule has 0 saturated carbocycles. The number of nitrogens with zero attached hydrogens (tertiary/aromatic N) is 4. The van der Waals surface area contributed by atoms with Crippen molar-refractivity contribution in [2.75, 3.05) is 88.2 Å². The number of carbonyl (C=O) groups is 4. The van der Waals surface area contributed by atoms with Gasteiger partial charge in [0, 0.05) is 59.5 Å². The Morgan fingerprint density at radius 2 is 1.49 bits per heavy atom. The van der Waals surface area contributed by atoms with Crippen LogP contribution in [0, 0.1) is 23.7 Å². The van der Waals surface area contributed by atoms with Crippen LogP contribution in [0.25, 0.3) is 0 Å². The van der Waals surface area contributed by atoms with Crippen LogP contribution in [-0.4, -0.2) is 173 Å². The molecule has 18 heteroatoms. The van der Waals surface area contributed by atoms with E-state index < -0.39 is 30.1 Å². The first-order valence-corrected chi connectivity index (χ1v) is 25.9. The van der Waals surface area contributed by atoms with Gasteiger partial charge >= 0.3 is 0 Å². The molecule has 0 aliphatic carbocycles. The molecule has 1 aliphatic heterocycles. The number of thiazole rings is 1. The van der Waals surface area contributed by atoms with Crippen LogP contribution in [0.5, 0.6) is 0 Å². The van der Waals surface area contributed by atoms with E-state index in [4.69, 9.17) is 40.6 Å². The number of hydrogen-bond donors (Lipinski definition) is 2. The summed E-state index contributed by atoms with van der Waals surface area (Å²) in [5.41, 5.74) is 1.17. The number of likely N-dealkylation sites (tertiary alicyclic amines) is 1. The minimum atomic E-state index is -0.909. The van der Waals surface area contributed by atoms with Crippen molar-refractivity contribution in [2.45, 2.75) is 129 Å². The first-order valence-electron chi connectivity index (χ1n) is 24.7. The van der Waals surface area contributed by atoms with Crippen LogP contribution in [0.2, 0.25) is 0 Å². The summed E-state index contributed by atoms with van der Waals surface area (Å²) in [6.45, 7) is 17.0. The van der Waals surface area contributed by atoms with E-state index in [9.17, 15) is 19.2 Å². The van der Waals surface area contributed by atoms with E-state index in [0.717, 1.165) is 17.8 Å². The highest BCUT2D eigenvalue weighted by molar-refractivity contribution is 7.80. The number of thiocarbonyl (C=S) groups is 1. The van der Waals surface area contributed by atoms with E-state index >= 15 is 0 Å². The van der Waals surface area contributed by atoms with Crippen LogP contribution in [0.1, 0.15) is 97.2 Å². The fourth-order valence-electron chi connectivity index (χ4n) is 9.14. The number of benzene rings is 1. The third-order valence-corrected chi connectivity index (χ3v) is 14.6. The molecule has 9 atom stereocenters. The summed E-state index contributed by atoms with van der Waals surface area (Å²) >= 11 is 7.66. The van der Waals surface area contributed by atoms with Gasteiger partial charge in [-0.25, -0.2) is 4.98 Å². The number of ether oxygens (including phenoxy) is 6. The van der Waals surface area contributed by atoms with Crippen molar-refractivity contribution in [3.8, 4) is 0 Å². The maximum Gasteiger partial charge on any atom is 0.245 e. The van der Waals surface area contributed by atoms with Gasteiger partial charge in [0.15, 0.2) is 0 Å². The van der Waals surface area contributed by atoms with Crippen LogP contribution in [-0.2, 0) is 54.0 Å². The van der Waals surface area contributed by atoms with Gasteiger partial charge in [-0.1, -0.05) is 97.4 Å². The lowest BCUT2D eigenvalue weighted by Gasteiger charge is -2.41. The summed E-state index contributed by atoms with van der Waals surface area (Å²) in [5, 5.41) is 9.53. The smallest absolute Gasteiger partial charge is 0.245 e. The quantitative estimate of drug-likeness (QED) is 0.0634. The lowest BCUT2D eigenvalue weighted by molar-refractivity contribution is -0.148. The Balaban J connectivity index is 1.68. The Labute approximate surface area is 422 Å². The third-order valence-electron chi connectivity index (χ3n) is 13.2. The van der Waals surface area contributed by atoms with Gasteiger partial charge in [0.05, 0.1) is 94.4 Å².